The Kier molecular flexibility index (Phi) is 5.86. The highest BCUT2D eigenvalue weighted by Crippen LogP contribution is 2.34. The molecule has 5 nitrogen and oxygen atoms in total. The summed E-state index contributed by atoms with van der Waals surface area (Å²) in [5, 5.41) is 10.1. The van der Waals surface area contributed by atoms with Crippen molar-refractivity contribution in [2.24, 2.45) is 5.92 Å². The second-order valence-corrected chi connectivity index (χ2v) is 8.06. The van der Waals surface area contributed by atoms with Gasteiger partial charge in [0.25, 0.3) is 0 Å². The van der Waals surface area contributed by atoms with Crippen LogP contribution in [0.3, 0.4) is 0 Å². The first kappa shape index (κ1) is 21.5. The van der Waals surface area contributed by atoms with E-state index in [2.05, 4.69) is 9.97 Å². The Balaban J connectivity index is 1.62. The molecule has 4 rings (SSSR count). The minimum atomic E-state index is -4.21. The molecule has 1 aliphatic heterocycles. The highest BCUT2D eigenvalue weighted by atomic mass is 35.5. The fourth-order valence-corrected chi connectivity index (χ4v) is 4.12. The van der Waals surface area contributed by atoms with Crippen molar-refractivity contribution >= 4 is 22.6 Å². The van der Waals surface area contributed by atoms with Crippen LogP contribution in [0, 0.1) is 23.1 Å². The van der Waals surface area contributed by atoms with E-state index in [0.717, 1.165) is 5.69 Å². The number of halogens is 5. The second-order valence-electron chi connectivity index (χ2n) is 7.62. The van der Waals surface area contributed by atoms with Crippen LogP contribution in [0.5, 0.6) is 0 Å². The standard InChI is InChI=1S/C21H18ClF4N5/c22-16-2-1-13(18(23)8-16)3-6-31-17(7-14-10-28-19(9-27)29-20(14)31)12-30-5-4-15(11-30)21(24,25)26/h1-2,7-8,10,15H,3-6,11-12H2. The Morgan fingerprint density at radius 1 is 1.26 bits per heavy atom. The van der Waals surface area contributed by atoms with Crippen molar-refractivity contribution in [2.45, 2.75) is 32.1 Å². The van der Waals surface area contributed by atoms with E-state index in [1.807, 2.05) is 16.7 Å². The van der Waals surface area contributed by atoms with Crippen molar-refractivity contribution in [1.29, 1.82) is 5.26 Å². The van der Waals surface area contributed by atoms with Gasteiger partial charge in [0.2, 0.25) is 5.82 Å². The summed E-state index contributed by atoms with van der Waals surface area (Å²) in [6.45, 7) is 0.919. The first-order valence-corrected chi connectivity index (χ1v) is 10.1. The van der Waals surface area contributed by atoms with Gasteiger partial charge in [0.05, 0.1) is 5.92 Å². The smallest absolute Gasteiger partial charge is 0.328 e. The van der Waals surface area contributed by atoms with Gasteiger partial charge in [-0.05, 0) is 43.1 Å². The Bertz CT molecular complexity index is 1150. The van der Waals surface area contributed by atoms with Gasteiger partial charge in [0, 0.05) is 41.9 Å². The van der Waals surface area contributed by atoms with Crippen molar-refractivity contribution in [1.82, 2.24) is 19.4 Å². The van der Waals surface area contributed by atoms with Gasteiger partial charge >= 0.3 is 6.18 Å². The summed E-state index contributed by atoms with van der Waals surface area (Å²) in [5.41, 5.74) is 1.71. The van der Waals surface area contributed by atoms with Crippen LogP contribution >= 0.6 is 11.6 Å². The third kappa shape index (κ3) is 4.65. The molecule has 10 heteroatoms. The molecule has 0 amide bonds. The fraction of sp³-hybridized carbons (Fsp3) is 0.381. The predicted molar refractivity (Wildman–Crippen MR) is 107 cm³/mol. The van der Waals surface area contributed by atoms with Gasteiger partial charge in [-0.3, -0.25) is 4.90 Å². The molecule has 1 aliphatic rings. The lowest BCUT2D eigenvalue weighted by Gasteiger charge is -2.19. The number of rotatable bonds is 5. The Labute approximate surface area is 180 Å². The normalized spacial score (nSPS) is 17.4. The quantitative estimate of drug-likeness (QED) is 0.527. The monoisotopic (exact) mass is 451 g/mol. The molecule has 0 spiro atoms. The Hall–Kier alpha value is -2.70. The Morgan fingerprint density at radius 3 is 2.74 bits per heavy atom. The van der Waals surface area contributed by atoms with Gasteiger partial charge in [-0.25, -0.2) is 14.4 Å². The zero-order valence-electron chi connectivity index (χ0n) is 16.3. The number of benzene rings is 1. The maximum absolute atomic E-state index is 14.2. The maximum Gasteiger partial charge on any atom is 0.393 e. The van der Waals surface area contributed by atoms with Gasteiger partial charge in [-0.1, -0.05) is 17.7 Å². The molecule has 1 unspecified atom stereocenters. The van der Waals surface area contributed by atoms with Crippen molar-refractivity contribution in [2.75, 3.05) is 13.1 Å². The molecular formula is C21H18ClF4N5. The van der Waals surface area contributed by atoms with E-state index < -0.39 is 17.9 Å². The number of aromatic nitrogens is 3. The number of aryl methyl sites for hydroxylation is 2. The fourth-order valence-electron chi connectivity index (χ4n) is 3.96. The van der Waals surface area contributed by atoms with Gasteiger partial charge in [0.1, 0.15) is 17.5 Å². The summed E-state index contributed by atoms with van der Waals surface area (Å²) in [7, 11) is 0. The van der Waals surface area contributed by atoms with E-state index in [1.165, 1.54) is 12.3 Å². The van der Waals surface area contributed by atoms with Crippen molar-refractivity contribution in [3.63, 3.8) is 0 Å². The van der Waals surface area contributed by atoms with E-state index in [1.54, 1.807) is 17.0 Å². The SMILES string of the molecule is N#Cc1ncc2cc(CN3CCC(C(F)(F)F)C3)n(CCc3ccc(Cl)cc3F)c2n1. The predicted octanol–water partition coefficient (Wildman–Crippen LogP) is 4.72. The average Bonchev–Trinajstić information content (AvgIpc) is 3.32. The summed E-state index contributed by atoms with van der Waals surface area (Å²) >= 11 is 5.81. The molecule has 0 saturated carbocycles. The zero-order chi connectivity index (χ0) is 22.2. The van der Waals surface area contributed by atoms with Crippen LogP contribution in [0.15, 0.2) is 30.5 Å². The molecule has 31 heavy (non-hydrogen) atoms. The Morgan fingerprint density at radius 2 is 2.06 bits per heavy atom. The topological polar surface area (TPSA) is 57.7 Å². The summed E-state index contributed by atoms with van der Waals surface area (Å²) in [6.07, 6.45) is -2.29. The number of hydrogen-bond acceptors (Lipinski definition) is 4. The molecule has 1 fully saturated rings. The van der Waals surface area contributed by atoms with Gasteiger partial charge < -0.3 is 4.57 Å². The number of hydrogen-bond donors (Lipinski definition) is 0. The van der Waals surface area contributed by atoms with Crippen LogP contribution in [0.1, 0.15) is 23.5 Å². The van der Waals surface area contributed by atoms with Crippen molar-refractivity contribution in [3.8, 4) is 6.07 Å². The zero-order valence-corrected chi connectivity index (χ0v) is 17.1. The summed E-state index contributed by atoms with van der Waals surface area (Å²) in [5.74, 6) is -1.77. The molecule has 3 aromatic rings. The molecule has 0 N–H and O–H groups in total. The van der Waals surface area contributed by atoms with Crippen LogP contribution < -0.4 is 0 Å². The molecule has 0 radical (unpaired) electrons. The van der Waals surface area contributed by atoms with E-state index >= 15 is 0 Å². The molecular weight excluding hydrogens is 434 g/mol. The van der Waals surface area contributed by atoms with Crippen molar-refractivity contribution in [3.05, 3.63) is 58.4 Å². The molecule has 1 atom stereocenters. The largest absolute Gasteiger partial charge is 0.393 e. The third-order valence-electron chi connectivity index (χ3n) is 5.56. The van der Waals surface area contributed by atoms with Crippen LogP contribution in [-0.2, 0) is 19.5 Å². The summed E-state index contributed by atoms with van der Waals surface area (Å²) in [6, 6.07) is 8.16. The van der Waals surface area contributed by atoms with Crippen LogP contribution in [-0.4, -0.2) is 38.7 Å². The minimum Gasteiger partial charge on any atom is -0.328 e. The number of likely N-dealkylation sites (tertiary alicyclic amines) is 1. The average molecular weight is 452 g/mol. The van der Waals surface area contributed by atoms with Gasteiger partial charge in [-0.2, -0.15) is 18.4 Å². The maximum atomic E-state index is 14.2. The molecule has 3 heterocycles. The number of fused-ring (bicyclic) bond motifs is 1. The molecule has 0 aliphatic carbocycles. The first-order valence-electron chi connectivity index (χ1n) is 9.73. The van der Waals surface area contributed by atoms with Gasteiger partial charge in [-0.15, -0.1) is 0 Å². The van der Waals surface area contributed by atoms with E-state index in [4.69, 9.17) is 16.9 Å². The highest BCUT2D eigenvalue weighted by Gasteiger charge is 2.43. The first-order chi connectivity index (χ1) is 14.7. The van der Waals surface area contributed by atoms with E-state index in [9.17, 15) is 17.6 Å². The second kappa shape index (κ2) is 8.44. The van der Waals surface area contributed by atoms with Crippen molar-refractivity contribution < 1.29 is 17.6 Å². The van der Waals surface area contributed by atoms with Crippen LogP contribution in [0.2, 0.25) is 5.02 Å². The minimum absolute atomic E-state index is 0.00520. The van der Waals surface area contributed by atoms with Crippen LogP contribution in [0.25, 0.3) is 11.0 Å². The molecule has 2 aromatic heterocycles. The molecule has 0 bridgehead atoms. The highest BCUT2D eigenvalue weighted by molar-refractivity contribution is 6.30. The summed E-state index contributed by atoms with van der Waals surface area (Å²) < 4.78 is 55.2. The molecule has 1 aromatic carbocycles. The van der Waals surface area contributed by atoms with E-state index in [-0.39, 0.29) is 18.8 Å². The van der Waals surface area contributed by atoms with Crippen LogP contribution in [0.4, 0.5) is 17.6 Å². The molecule has 162 valence electrons. The lowest BCUT2D eigenvalue weighted by molar-refractivity contribution is -0.170. The lowest BCUT2D eigenvalue weighted by atomic mass is 10.1. The third-order valence-corrected chi connectivity index (χ3v) is 5.80. The number of nitriles is 1. The summed E-state index contributed by atoms with van der Waals surface area (Å²) in [4.78, 5) is 10.00. The number of alkyl halides is 3. The van der Waals surface area contributed by atoms with E-state index in [0.29, 0.717) is 47.7 Å². The lowest BCUT2D eigenvalue weighted by Crippen LogP contribution is -2.28. The van der Waals surface area contributed by atoms with Gasteiger partial charge in [0.15, 0.2) is 0 Å². The number of nitrogens with zero attached hydrogens (tertiary/aromatic N) is 5. The molecule has 1 saturated heterocycles.